The monoisotopic (exact) mass is 255 g/mol. The molecule has 1 aromatic rings. The molecule has 0 aliphatic carbocycles. The summed E-state index contributed by atoms with van der Waals surface area (Å²) in [5, 5.41) is 4.15. The Labute approximate surface area is 109 Å². The number of aryl methyl sites for hydroxylation is 1. The predicted molar refractivity (Wildman–Crippen MR) is 77.9 cm³/mol. The van der Waals surface area contributed by atoms with Gasteiger partial charge in [-0.1, -0.05) is 20.8 Å². The van der Waals surface area contributed by atoms with Crippen LogP contribution < -0.4 is 5.32 Å². The van der Waals surface area contributed by atoms with Gasteiger partial charge in [-0.3, -0.25) is 0 Å². The molecule has 3 nitrogen and oxygen atoms in total. The molecule has 0 aromatic carbocycles. The van der Waals surface area contributed by atoms with Gasteiger partial charge in [-0.2, -0.15) is 11.8 Å². The molecule has 1 heterocycles. The topological polar surface area (TPSA) is 29.9 Å². The number of anilines is 1. The van der Waals surface area contributed by atoms with Crippen molar-refractivity contribution in [3.63, 3.8) is 0 Å². The van der Waals surface area contributed by atoms with Crippen molar-refractivity contribution in [3.05, 3.63) is 11.9 Å². The van der Waals surface area contributed by atoms with Gasteiger partial charge in [-0.15, -0.1) is 0 Å². The van der Waals surface area contributed by atoms with Gasteiger partial charge in [0.25, 0.3) is 0 Å². The zero-order valence-electron chi connectivity index (χ0n) is 11.7. The smallest absolute Gasteiger partial charge is 0.203 e. The minimum Gasteiger partial charge on any atom is -0.356 e. The Kier molecular flexibility index (Phi) is 5.89. The quantitative estimate of drug-likeness (QED) is 0.810. The highest BCUT2D eigenvalue weighted by Gasteiger charge is 2.07. The highest BCUT2D eigenvalue weighted by molar-refractivity contribution is 7.99. The van der Waals surface area contributed by atoms with Gasteiger partial charge in [0.15, 0.2) is 0 Å². The summed E-state index contributed by atoms with van der Waals surface area (Å²) in [5.41, 5.74) is 1.09. The number of nitrogens with zero attached hydrogens (tertiary/aromatic N) is 2. The van der Waals surface area contributed by atoms with Crippen LogP contribution in [-0.2, 0) is 6.54 Å². The van der Waals surface area contributed by atoms with Crippen molar-refractivity contribution < 1.29 is 0 Å². The lowest BCUT2D eigenvalue weighted by atomic mass is 10.2. The van der Waals surface area contributed by atoms with Gasteiger partial charge < -0.3 is 9.88 Å². The average Bonchev–Trinajstić information content (AvgIpc) is 2.58. The molecule has 0 bridgehead atoms. The largest absolute Gasteiger partial charge is 0.356 e. The third-order valence-corrected chi connectivity index (χ3v) is 3.74. The lowest BCUT2D eigenvalue weighted by molar-refractivity contribution is 0.526. The van der Waals surface area contributed by atoms with Gasteiger partial charge in [0.05, 0.1) is 5.69 Å². The maximum atomic E-state index is 4.53. The number of nitrogens with one attached hydrogen (secondary N) is 1. The van der Waals surface area contributed by atoms with Crippen LogP contribution in [-0.4, -0.2) is 27.6 Å². The van der Waals surface area contributed by atoms with Crippen molar-refractivity contribution >= 4 is 17.7 Å². The van der Waals surface area contributed by atoms with E-state index in [4.69, 9.17) is 0 Å². The summed E-state index contributed by atoms with van der Waals surface area (Å²) in [5.74, 6) is 1.67. The first-order valence-corrected chi connectivity index (χ1v) is 7.62. The molecular weight excluding hydrogens is 230 g/mol. The first kappa shape index (κ1) is 14.4. The van der Waals surface area contributed by atoms with Crippen LogP contribution in [0.4, 0.5) is 5.95 Å². The van der Waals surface area contributed by atoms with Crippen LogP contribution in [0, 0.1) is 12.8 Å². The number of hydrogen-bond donors (Lipinski definition) is 1. The SMILES string of the molecule is CSC(C)CCNc1nc(C)cn1CC(C)C. The van der Waals surface area contributed by atoms with Crippen LogP contribution in [0.25, 0.3) is 0 Å². The van der Waals surface area contributed by atoms with Gasteiger partial charge in [0, 0.05) is 24.5 Å². The van der Waals surface area contributed by atoms with Crippen LogP contribution in [0.2, 0.25) is 0 Å². The van der Waals surface area contributed by atoms with E-state index in [1.54, 1.807) is 0 Å². The molecule has 0 fully saturated rings. The van der Waals surface area contributed by atoms with E-state index < -0.39 is 0 Å². The second-order valence-electron chi connectivity index (χ2n) is 5.01. The molecule has 98 valence electrons. The second kappa shape index (κ2) is 6.94. The summed E-state index contributed by atoms with van der Waals surface area (Å²) < 4.78 is 2.23. The molecule has 0 aliphatic heterocycles. The van der Waals surface area contributed by atoms with Crippen LogP contribution in [0.5, 0.6) is 0 Å². The second-order valence-corrected chi connectivity index (χ2v) is 6.29. The third kappa shape index (κ3) is 5.02. The van der Waals surface area contributed by atoms with Gasteiger partial charge in [0.1, 0.15) is 0 Å². The lowest BCUT2D eigenvalue weighted by Crippen LogP contribution is -2.13. The maximum absolute atomic E-state index is 4.53. The summed E-state index contributed by atoms with van der Waals surface area (Å²) in [4.78, 5) is 4.53. The number of rotatable bonds is 7. The molecule has 1 unspecified atom stereocenters. The molecule has 17 heavy (non-hydrogen) atoms. The van der Waals surface area contributed by atoms with E-state index in [1.165, 1.54) is 6.42 Å². The van der Waals surface area contributed by atoms with Crippen molar-refractivity contribution in [1.82, 2.24) is 9.55 Å². The fourth-order valence-corrected chi connectivity index (χ4v) is 2.08. The van der Waals surface area contributed by atoms with Crippen LogP contribution in [0.15, 0.2) is 6.20 Å². The normalized spacial score (nSPS) is 13.1. The Morgan fingerprint density at radius 1 is 1.41 bits per heavy atom. The van der Waals surface area contributed by atoms with Crippen molar-refractivity contribution in [3.8, 4) is 0 Å². The van der Waals surface area contributed by atoms with E-state index in [2.05, 4.69) is 48.1 Å². The van der Waals surface area contributed by atoms with Crippen molar-refractivity contribution in [1.29, 1.82) is 0 Å². The zero-order chi connectivity index (χ0) is 12.8. The molecule has 0 spiro atoms. The minimum absolute atomic E-state index is 0.647. The number of hydrogen-bond acceptors (Lipinski definition) is 3. The minimum atomic E-state index is 0.647. The number of thioether (sulfide) groups is 1. The van der Waals surface area contributed by atoms with Gasteiger partial charge in [-0.25, -0.2) is 4.98 Å². The van der Waals surface area contributed by atoms with E-state index in [1.807, 2.05) is 18.7 Å². The molecule has 1 N–H and O–H groups in total. The molecule has 0 aliphatic rings. The number of imidazole rings is 1. The van der Waals surface area contributed by atoms with E-state index in [-0.39, 0.29) is 0 Å². The highest BCUT2D eigenvalue weighted by atomic mass is 32.2. The van der Waals surface area contributed by atoms with E-state index in [9.17, 15) is 0 Å². The van der Waals surface area contributed by atoms with Gasteiger partial charge >= 0.3 is 0 Å². The Bertz CT molecular complexity index is 333. The molecule has 0 radical (unpaired) electrons. The van der Waals surface area contributed by atoms with Crippen LogP contribution >= 0.6 is 11.8 Å². The maximum Gasteiger partial charge on any atom is 0.203 e. The Balaban J connectivity index is 2.51. The van der Waals surface area contributed by atoms with Gasteiger partial charge in [0.2, 0.25) is 5.95 Å². The van der Waals surface area contributed by atoms with E-state index in [0.29, 0.717) is 11.2 Å². The fourth-order valence-electron chi connectivity index (χ4n) is 1.73. The third-order valence-electron chi connectivity index (χ3n) is 2.70. The van der Waals surface area contributed by atoms with Crippen LogP contribution in [0.1, 0.15) is 32.9 Å². The molecule has 4 heteroatoms. The summed E-state index contributed by atoms with van der Waals surface area (Å²) in [6.45, 7) is 10.8. The summed E-state index contributed by atoms with van der Waals surface area (Å²) in [6.07, 6.45) is 5.46. The molecule has 1 atom stereocenters. The Morgan fingerprint density at radius 3 is 2.71 bits per heavy atom. The van der Waals surface area contributed by atoms with Gasteiger partial charge in [-0.05, 0) is 25.5 Å². The van der Waals surface area contributed by atoms with E-state index in [0.717, 1.165) is 24.7 Å². The predicted octanol–water partition coefficient (Wildman–Crippen LogP) is 3.40. The zero-order valence-corrected chi connectivity index (χ0v) is 12.5. The molecule has 1 rings (SSSR count). The van der Waals surface area contributed by atoms with Crippen molar-refractivity contribution in [2.24, 2.45) is 5.92 Å². The van der Waals surface area contributed by atoms with Crippen LogP contribution in [0.3, 0.4) is 0 Å². The number of aromatic nitrogens is 2. The highest BCUT2D eigenvalue weighted by Crippen LogP contribution is 2.13. The summed E-state index contributed by atoms with van der Waals surface area (Å²) in [7, 11) is 0. The fraction of sp³-hybridized carbons (Fsp3) is 0.769. The molecular formula is C13H25N3S. The summed E-state index contributed by atoms with van der Waals surface area (Å²) in [6, 6.07) is 0. The molecule has 0 saturated heterocycles. The Hall–Kier alpha value is -0.640. The van der Waals surface area contributed by atoms with Crippen molar-refractivity contribution in [2.45, 2.75) is 45.9 Å². The first-order valence-electron chi connectivity index (χ1n) is 6.33. The standard InChI is InChI=1S/C13H25N3S/c1-10(2)8-16-9-11(3)15-13(16)14-7-6-12(4)17-5/h9-10,12H,6-8H2,1-5H3,(H,14,15). The Morgan fingerprint density at radius 2 is 2.12 bits per heavy atom. The first-order chi connectivity index (χ1) is 8.02. The summed E-state index contributed by atoms with van der Waals surface area (Å²) >= 11 is 1.91. The molecule has 0 amide bonds. The average molecular weight is 255 g/mol. The molecule has 1 aromatic heterocycles. The van der Waals surface area contributed by atoms with E-state index >= 15 is 0 Å². The lowest BCUT2D eigenvalue weighted by Gasteiger charge is -2.13. The van der Waals surface area contributed by atoms with Crippen molar-refractivity contribution in [2.75, 3.05) is 18.1 Å². The molecule has 0 saturated carbocycles.